The van der Waals surface area contributed by atoms with Gasteiger partial charge in [-0.1, -0.05) is 20.3 Å². The second kappa shape index (κ2) is 10.6. The molecule has 1 aliphatic heterocycles. The fourth-order valence-electron chi connectivity index (χ4n) is 5.07. The lowest BCUT2D eigenvalue weighted by molar-refractivity contribution is -0.168. The first-order chi connectivity index (χ1) is 12.6. The Hall–Kier alpha value is -0.0800. The van der Waals surface area contributed by atoms with Crippen LogP contribution in [0.5, 0.6) is 0 Å². The van der Waals surface area contributed by atoms with Crippen molar-refractivity contribution in [2.45, 2.75) is 84.4 Å². The Kier molecular flexibility index (Phi) is 9.13. The molecule has 2 N–H and O–H groups in total. The van der Waals surface area contributed by atoms with Gasteiger partial charge in [0.15, 0.2) is 5.96 Å². The molecule has 0 amide bonds. The third kappa shape index (κ3) is 5.50. The maximum atomic E-state index is 5.99. The third-order valence-corrected chi connectivity index (χ3v) is 6.62. The lowest BCUT2D eigenvalue weighted by Crippen LogP contribution is -2.69. The second-order valence-corrected chi connectivity index (χ2v) is 8.90. The molecule has 0 aromatic heterocycles. The van der Waals surface area contributed by atoms with Crippen LogP contribution in [-0.2, 0) is 4.74 Å². The second-order valence-electron chi connectivity index (χ2n) is 8.90. The van der Waals surface area contributed by atoms with Crippen LogP contribution in [-0.4, -0.2) is 61.8 Å². The minimum Gasteiger partial charge on any atom is -0.378 e. The molecule has 0 radical (unpaired) electrons. The van der Waals surface area contributed by atoms with Gasteiger partial charge in [0.2, 0.25) is 0 Å². The number of ether oxygens (including phenoxy) is 1. The van der Waals surface area contributed by atoms with Crippen molar-refractivity contribution in [3.63, 3.8) is 0 Å². The number of piperidine rings is 1. The van der Waals surface area contributed by atoms with Crippen LogP contribution in [0.25, 0.3) is 0 Å². The Bertz CT molecular complexity index is 473. The van der Waals surface area contributed by atoms with E-state index in [2.05, 4.69) is 43.2 Å². The summed E-state index contributed by atoms with van der Waals surface area (Å²) in [6.07, 6.45) is 7.99. The number of likely N-dealkylation sites (tertiary alicyclic amines) is 1. The molecule has 0 bridgehead atoms. The summed E-state index contributed by atoms with van der Waals surface area (Å²) >= 11 is 0. The molecule has 2 unspecified atom stereocenters. The van der Waals surface area contributed by atoms with Gasteiger partial charge in [0.25, 0.3) is 0 Å². The number of nitrogens with zero attached hydrogens (tertiary/aromatic N) is 2. The van der Waals surface area contributed by atoms with E-state index >= 15 is 0 Å². The van der Waals surface area contributed by atoms with Gasteiger partial charge in [0.05, 0.1) is 6.10 Å². The van der Waals surface area contributed by atoms with Crippen molar-refractivity contribution in [1.29, 1.82) is 0 Å². The van der Waals surface area contributed by atoms with Gasteiger partial charge >= 0.3 is 0 Å². The van der Waals surface area contributed by atoms with E-state index in [4.69, 9.17) is 9.73 Å². The number of halogens is 1. The molecule has 0 aromatic rings. The fraction of sp³-hybridized carbons (Fsp3) is 0.952. The number of hydrogen-bond donors (Lipinski definition) is 2. The van der Waals surface area contributed by atoms with E-state index in [1.165, 1.54) is 51.7 Å². The minimum atomic E-state index is 0. The molecule has 3 rings (SSSR count). The van der Waals surface area contributed by atoms with Gasteiger partial charge in [0.1, 0.15) is 0 Å². The smallest absolute Gasteiger partial charge is 0.191 e. The van der Waals surface area contributed by atoms with E-state index in [-0.39, 0.29) is 24.0 Å². The van der Waals surface area contributed by atoms with Gasteiger partial charge < -0.3 is 20.3 Å². The highest BCUT2D eigenvalue weighted by molar-refractivity contribution is 14.0. The molecule has 3 aliphatic rings. The topological polar surface area (TPSA) is 48.9 Å². The minimum absolute atomic E-state index is 0. The van der Waals surface area contributed by atoms with Crippen LogP contribution in [0.3, 0.4) is 0 Å². The Labute approximate surface area is 183 Å². The van der Waals surface area contributed by atoms with Gasteiger partial charge in [0, 0.05) is 50.3 Å². The van der Waals surface area contributed by atoms with Gasteiger partial charge in [-0.25, -0.2) is 0 Å². The van der Waals surface area contributed by atoms with Crippen molar-refractivity contribution in [1.82, 2.24) is 15.5 Å². The SMILES string of the molecule is CCN=C(NC1CCN(CC(C)C)CC1)NC1CC(OCC)C12CCC2.I. The zero-order valence-electron chi connectivity index (χ0n) is 17.8. The summed E-state index contributed by atoms with van der Waals surface area (Å²) in [5.74, 6) is 1.79. The Balaban J connectivity index is 0.00000261. The quantitative estimate of drug-likeness (QED) is 0.324. The van der Waals surface area contributed by atoms with Crippen molar-refractivity contribution in [3.8, 4) is 0 Å². The van der Waals surface area contributed by atoms with Gasteiger partial charge in [-0.05, 0) is 51.9 Å². The highest BCUT2D eigenvalue weighted by Gasteiger charge is 2.59. The summed E-state index contributed by atoms with van der Waals surface area (Å²) in [6, 6.07) is 1.09. The first-order valence-electron chi connectivity index (χ1n) is 11.0. The first-order valence-corrected chi connectivity index (χ1v) is 11.0. The van der Waals surface area contributed by atoms with Crippen LogP contribution in [0.4, 0.5) is 0 Å². The maximum absolute atomic E-state index is 5.99. The predicted octanol–water partition coefficient (Wildman–Crippen LogP) is 3.63. The molecule has 1 spiro atoms. The normalized spacial score (nSPS) is 28.4. The van der Waals surface area contributed by atoms with Crippen molar-refractivity contribution in [2.24, 2.45) is 16.3 Å². The summed E-state index contributed by atoms with van der Waals surface area (Å²) in [7, 11) is 0. The van der Waals surface area contributed by atoms with E-state index < -0.39 is 0 Å². The summed E-state index contributed by atoms with van der Waals surface area (Å²) in [4.78, 5) is 7.35. The monoisotopic (exact) mass is 492 g/mol. The molecule has 2 aliphatic carbocycles. The molecular formula is C21H41IN4O. The van der Waals surface area contributed by atoms with Crippen LogP contribution >= 0.6 is 24.0 Å². The lowest BCUT2D eigenvalue weighted by Gasteiger charge is -2.61. The van der Waals surface area contributed by atoms with E-state index in [1.54, 1.807) is 0 Å². The van der Waals surface area contributed by atoms with E-state index in [0.29, 0.717) is 23.6 Å². The van der Waals surface area contributed by atoms with E-state index in [1.807, 2.05) is 0 Å². The predicted molar refractivity (Wildman–Crippen MR) is 124 cm³/mol. The Morgan fingerprint density at radius 3 is 2.41 bits per heavy atom. The Morgan fingerprint density at radius 2 is 1.89 bits per heavy atom. The van der Waals surface area contributed by atoms with Crippen LogP contribution in [0.15, 0.2) is 4.99 Å². The molecule has 2 atom stereocenters. The zero-order valence-corrected chi connectivity index (χ0v) is 20.1. The molecule has 1 saturated heterocycles. The summed E-state index contributed by atoms with van der Waals surface area (Å²) in [6.45, 7) is 14.2. The summed E-state index contributed by atoms with van der Waals surface area (Å²) in [5, 5.41) is 7.51. The van der Waals surface area contributed by atoms with Gasteiger partial charge in [-0.15, -0.1) is 24.0 Å². The van der Waals surface area contributed by atoms with Crippen LogP contribution < -0.4 is 10.6 Å². The molecule has 6 heteroatoms. The average molecular weight is 492 g/mol. The number of hydrogen-bond acceptors (Lipinski definition) is 3. The summed E-state index contributed by atoms with van der Waals surface area (Å²) < 4.78 is 5.99. The molecule has 0 aromatic carbocycles. The fourth-order valence-corrected chi connectivity index (χ4v) is 5.07. The molecular weight excluding hydrogens is 451 g/mol. The number of guanidine groups is 1. The molecule has 27 heavy (non-hydrogen) atoms. The van der Waals surface area contributed by atoms with Crippen molar-refractivity contribution in [2.75, 3.05) is 32.8 Å². The average Bonchev–Trinajstić information content (AvgIpc) is 2.53. The lowest BCUT2D eigenvalue weighted by atomic mass is 9.51. The van der Waals surface area contributed by atoms with Gasteiger partial charge in [-0.2, -0.15) is 0 Å². The zero-order chi connectivity index (χ0) is 18.6. The third-order valence-electron chi connectivity index (χ3n) is 6.62. The molecule has 158 valence electrons. The van der Waals surface area contributed by atoms with Crippen molar-refractivity contribution >= 4 is 29.9 Å². The van der Waals surface area contributed by atoms with Crippen LogP contribution in [0.1, 0.15) is 66.2 Å². The highest BCUT2D eigenvalue weighted by Crippen LogP contribution is 2.57. The largest absolute Gasteiger partial charge is 0.378 e. The maximum Gasteiger partial charge on any atom is 0.191 e. The molecule has 3 fully saturated rings. The molecule has 5 nitrogen and oxygen atoms in total. The number of aliphatic imine (C=N–C) groups is 1. The van der Waals surface area contributed by atoms with Gasteiger partial charge in [-0.3, -0.25) is 4.99 Å². The number of rotatable bonds is 7. The molecule has 2 saturated carbocycles. The molecule has 1 heterocycles. The number of nitrogens with one attached hydrogen (secondary N) is 2. The standard InChI is InChI=1S/C21H40N4O.HI/c1-5-22-20(23-17-8-12-25(13-9-17)15-16(3)4)24-18-14-19(26-6-2)21(18)10-7-11-21;/h16-19H,5-15H2,1-4H3,(H2,22,23,24);1H. The van der Waals surface area contributed by atoms with Crippen LogP contribution in [0.2, 0.25) is 0 Å². The van der Waals surface area contributed by atoms with Crippen molar-refractivity contribution < 1.29 is 4.74 Å². The van der Waals surface area contributed by atoms with E-state index in [0.717, 1.165) is 31.4 Å². The summed E-state index contributed by atoms with van der Waals surface area (Å²) in [5.41, 5.74) is 0.382. The Morgan fingerprint density at radius 1 is 1.19 bits per heavy atom. The van der Waals surface area contributed by atoms with Crippen molar-refractivity contribution in [3.05, 3.63) is 0 Å². The highest BCUT2D eigenvalue weighted by atomic mass is 127. The first kappa shape index (κ1) is 23.2. The van der Waals surface area contributed by atoms with E-state index in [9.17, 15) is 0 Å². The van der Waals surface area contributed by atoms with Crippen LogP contribution in [0, 0.1) is 11.3 Å².